The molecule has 4 heteroatoms. The van der Waals surface area contributed by atoms with Crippen LogP contribution >= 0.6 is 0 Å². The van der Waals surface area contributed by atoms with Crippen LogP contribution < -0.4 is 10.6 Å². The highest BCUT2D eigenvalue weighted by atomic mass is 16.1. The van der Waals surface area contributed by atoms with Gasteiger partial charge in [0, 0.05) is 32.1 Å². The molecule has 17 heavy (non-hydrogen) atoms. The van der Waals surface area contributed by atoms with E-state index in [0.717, 1.165) is 25.4 Å². The van der Waals surface area contributed by atoms with Crippen molar-refractivity contribution in [3.63, 3.8) is 0 Å². The molecular formula is C13H25N3O. The zero-order valence-corrected chi connectivity index (χ0v) is 10.9. The second-order valence-corrected chi connectivity index (χ2v) is 5.30. The minimum absolute atomic E-state index is 0.184. The molecule has 0 aromatic heterocycles. The number of amides is 1. The maximum Gasteiger partial charge on any atom is 0.221 e. The quantitative estimate of drug-likeness (QED) is 0.713. The molecule has 2 N–H and O–H groups in total. The van der Waals surface area contributed by atoms with Crippen molar-refractivity contribution in [2.45, 2.75) is 38.6 Å². The molecule has 2 bridgehead atoms. The Morgan fingerprint density at radius 1 is 1.29 bits per heavy atom. The lowest BCUT2D eigenvalue weighted by molar-refractivity contribution is -0.121. The van der Waals surface area contributed by atoms with Crippen LogP contribution in [0, 0.1) is 5.92 Å². The average Bonchev–Trinajstić information content (AvgIpc) is 2.72. The van der Waals surface area contributed by atoms with Crippen molar-refractivity contribution in [2.75, 3.05) is 32.7 Å². The highest BCUT2D eigenvalue weighted by Gasteiger charge is 2.33. The molecule has 2 aliphatic rings. The Hall–Kier alpha value is -0.610. The van der Waals surface area contributed by atoms with E-state index in [2.05, 4.69) is 22.5 Å². The summed E-state index contributed by atoms with van der Waals surface area (Å²) in [4.78, 5) is 14.0. The second kappa shape index (κ2) is 6.36. The first kappa shape index (κ1) is 12.8. The van der Waals surface area contributed by atoms with Gasteiger partial charge in [-0.3, -0.25) is 4.79 Å². The zero-order chi connectivity index (χ0) is 12.1. The maximum atomic E-state index is 11.4. The number of nitrogens with one attached hydrogen (secondary N) is 2. The first-order valence-electron chi connectivity index (χ1n) is 7.02. The lowest BCUT2D eigenvalue weighted by atomic mass is 9.94. The summed E-state index contributed by atoms with van der Waals surface area (Å²) in [6, 6.07) is 0.646. The number of rotatable bonds is 6. The van der Waals surface area contributed by atoms with E-state index < -0.39 is 0 Å². The zero-order valence-electron chi connectivity index (χ0n) is 10.9. The van der Waals surface area contributed by atoms with E-state index in [-0.39, 0.29) is 5.91 Å². The van der Waals surface area contributed by atoms with Crippen molar-refractivity contribution in [3.8, 4) is 0 Å². The third-order valence-corrected chi connectivity index (χ3v) is 3.96. The van der Waals surface area contributed by atoms with Gasteiger partial charge in [-0.1, -0.05) is 6.92 Å². The highest BCUT2D eigenvalue weighted by Crippen LogP contribution is 2.26. The van der Waals surface area contributed by atoms with E-state index in [9.17, 15) is 4.79 Å². The summed E-state index contributed by atoms with van der Waals surface area (Å²) < 4.78 is 0. The van der Waals surface area contributed by atoms with Gasteiger partial charge < -0.3 is 15.5 Å². The Morgan fingerprint density at radius 2 is 2.12 bits per heavy atom. The summed E-state index contributed by atoms with van der Waals surface area (Å²) in [6.45, 7) is 7.48. The Kier molecular flexibility index (Phi) is 4.80. The van der Waals surface area contributed by atoms with Crippen LogP contribution in [0.25, 0.3) is 0 Å². The maximum absolute atomic E-state index is 11.4. The average molecular weight is 239 g/mol. The fourth-order valence-electron chi connectivity index (χ4n) is 2.94. The molecule has 4 nitrogen and oxygen atoms in total. The molecule has 2 aliphatic heterocycles. The topological polar surface area (TPSA) is 44.4 Å². The van der Waals surface area contributed by atoms with Crippen LogP contribution in [0.1, 0.15) is 32.6 Å². The summed E-state index contributed by atoms with van der Waals surface area (Å²) in [5.41, 5.74) is 0. The number of hydrogen-bond acceptors (Lipinski definition) is 3. The molecule has 98 valence electrons. The van der Waals surface area contributed by atoms with E-state index in [0.29, 0.717) is 12.5 Å². The molecule has 0 radical (unpaired) electrons. The molecular weight excluding hydrogens is 214 g/mol. The molecule has 2 heterocycles. The van der Waals surface area contributed by atoms with Gasteiger partial charge in [0.15, 0.2) is 0 Å². The summed E-state index contributed by atoms with van der Waals surface area (Å²) >= 11 is 0. The molecule has 3 atom stereocenters. The summed E-state index contributed by atoms with van der Waals surface area (Å²) in [7, 11) is 0. The SMILES string of the molecule is CCCNC(=O)CCNC1CCN2CCC1C2. The monoisotopic (exact) mass is 239 g/mol. The van der Waals surface area contributed by atoms with E-state index in [1.807, 2.05) is 0 Å². The molecule has 0 aromatic rings. The molecule has 0 aliphatic carbocycles. The number of piperidine rings is 1. The first-order valence-corrected chi connectivity index (χ1v) is 7.02. The smallest absolute Gasteiger partial charge is 0.221 e. The summed E-state index contributed by atoms with van der Waals surface area (Å²) in [5.74, 6) is 1.01. The molecule has 2 fully saturated rings. The van der Waals surface area contributed by atoms with Crippen LogP contribution in [0.2, 0.25) is 0 Å². The van der Waals surface area contributed by atoms with Crippen LogP contribution in [0.3, 0.4) is 0 Å². The van der Waals surface area contributed by atoms with Crippen LogP contribution in [0.5, 0.6) is 0 Å². The van der Waals surface area contributed by atoms with Crippen molar-refractivity contribution in [1.82, 2.24) is 15.5 Å². The molecule has 2 rings (SSSR count). The van der Waals surface area contributed by atoms with E-state index in [1.54, 1.807) is 0 Å². The van der Waals surface area contributed by atoms with Gasteiger partial charge in [-0.25, -0.2) is 0 Å². The van der Waals surface area contributed by atoms with Gasteiger partial charge >= 0.3 is 0 Å². The Labute approximate surface area is 104 Å². The molecule has 2 saturated heterocycles. The van der Waals surface area contributed by atoms with Gasteiger partial charge in [0.1, 0.15) is 0 Å². The van der Waals surface area contributed by atoms with Crippen molar-refractivity contribution < 1.29 is 4.79 Å². The number of carbonyl (C=O) groups is 1. The Balaban J connectivity index is 1.60. The van der Waals surface area contributed by atoms with E-state index >= 15 is 0 Å². The molecule has 3 unspecified atom stereocenters. The Bertz CT molecular complexity index is 257. The van der Waals surface area contributed by atoms with Gasteiger partial charge in [0.2, 0.25) is 5.91 Å². The van der Waals surface area contributed by atoms with E-state index in [4.69, 9.17) is 0 Å². The predicted octanol–water partition coefficient (Wildman–Crippen LogP) is 0.587. The van der Waals surface area contributed by atoms with Gasteiger partial charge in [-0.05, 0) is 38.3 Å². The largest absolute Gasteiger partial charge is 0.356 e. The van der Waals surface area contributed by atoms with E-state index in [1.165, 1.54) is 32.5 Å². The van der Waals surface area contributed by atoms with Crippen molar-refractivity contribution >= 4 is 5.91 Å². The molecule has 0 aromatic carbocycles. The molecule has 0 saturated carbocycles. The lowest BCUT2D eigenvalue weighted by Crippen LogP contribution is -2.44. The second-order valence-electron chi connectivity index (χ2n) is 5.30. The van der Waals surface area contributed by atoms with Crippen LogP contribution in [-0.2, 0) is 4.79 Å². The standard InChI is InChI=1S/C13H25N3O/c1-2-6-15-13(17)3-7-14-12-5-9-16-8-4-11(12)10-16/h11-12,14H,2-10H2,1H3,(H,15,17). The number of fused-ring (bicyclic) bond motifs is 2. The number of hydrogen-bond donors (Lipinski definition) is 2. The van der Waals surface area contributed by atoms with Crippen LogP contribution in [0.4, 0.5) is 0 Å². The van der Waals surface area contributed by atoms with Crippen LogP contribution in [0.15, 0.2) is 0 Å². The summed E-state index contributed by atoms with van der Waals surface area (Å²) in [5, 5.41) is 6.49. The third kappa shape index (κ3) is 3.68. The van der Waals surface area contributed by atoms with Crippen molar-refractivity contribution in [2.24, 2.45) is 5.92 Å². The van der Waals surface area contributed by atoms with Gasteiger partial charge in [-0.15, -0.1) is 0 Å². The van der Waals surface area contributed by atoms with Gasteiger partial charge in [0.25, 0.3) is 0 Å². The number of carbonyl (C=O) groups excluding carboxylic acids is 1. The predicted molar refractivity (Wildman–Crippen MR) is 68.9 cm³/mol. The first-order chi connectivity index (χ1) is 8.29. The number of nitrogens with zero attached hydrogens (tertiary/aromatic N) is 1. The lowest BCUT2D eigenvalue weighted by Gasteiger charge is -2.31. The van der Waals surface area contributed by atoms with Crippen molar-refractivity contribution in [3.05, 3.63) is 0 Å². The molecule has 0 spiro atoms. The fourth-order valence-corrected chi connectivity index (χ4v) is 2.94. The third-order valence-electron chi connectivity index (χ3n) is 3.96. The summed E-state index contributed by atoms with van der Waals surface area (Å²) in [6.07, 6.45) is 4.22. The van der Waals surface area contributed by atoms with Crippen LogP contribution in [-0.4, -0.2) is 49.6 Å². The minimum Gasteiger partial charge on any atom is -0.356 e. The highest BCUT2D eigenvalue weighted by molar-refractivity contribution is 5.75. The van der Waals surface area contributed by atoms with Crippen molar-refractivity contribution in [1.29, 1.82) is 0 Å². The molecule has 1 amide bonds. The minimum atomic E-state index is 0.184. The fraction of sp³-hybridized carbons (Fsp3) is 0.923. The normalized spacial score (nSPS) is 31.5. The van der Waals surface area contributed by atoms with Gasteiger partial charge in [0.05, 0.1) is 0 Å². The Morgan fingerprint density at radius 3 is 2.94 bits per heavy atom. The van der Waals surface area contributed by atoms with Gasteiger partial charge in [-0.2, -0.15) is 0 Å².